The van der Waals surface area contributed by atoms with Crippen LogP contribution in [0, 0.1) is 6.92 Å². The number of carbonyl (C=O) groups is 1. The summed E-state index contributed by atoms with van der Waals surface area (Å²) in [5.74, 6) is -0.194. The fourth-order valence-corrected chi connectivity index (χ4v) is 5.08. The molecule has 0 radical (unpaired) electrons. The highest BCUT2D eigenvalue weighted by Crippen LogP contribution is 2.39. The number of ether oxygens (including phenoxy) is 2. The van der Waals surface area contributed by atoms with Gasteiger partial charge in [-0.3, -0.25) is 0 Å². The number of rotatable bonds is 6. The lowest BCUT2D eigenvalue weighted by Gasteiger charge is -2.23. The van der Waals surface area contributed by atoms with Crippen LogP contribution in [0.15, 0.2) is 49.1 Å². The SMILES string of the molecule is COC(=O)c1nc(-c2cc(Cl)ncc2Nc2ncccn2)nc(-c2c(C)ccc3c2cnn3C2CCCCO2)c1N. The maximum Gasteiger partial charge on any atom is 0.358 e. The lowest BCUT2D eigenvalue weighted by atomic mass is 9.98. The number of hydrogen-bond acceptors (Lipinski definition) is 11. The Hall–Kier alpha value is -4.68. The van der Waals surface area contributed by atoms with Crippen molar-refractivity contribution in [2.75, 3.05) is 24.8 Å². The number of hydrogen-bond donors (Lipinski definition) is 2. The Morgan fingerprint density at radius 3 is 2.76 bits per heavy atom. The van der Waals surface area contributed by atoms with Gasteiger partial charge in [-0.25, -0.2) is 34.4 Å². The van der Waals surface area contributed by atoms with Crippen LogP contribution in [0.2, 0.25) is 5.15 Å². The van der Waals surface area contributed by atoms with Gasteiger partial charge in [-0.2, -0.15) is 5.10 Å². The molecule has 5 heterocycles. The maximum atomic E-state index is 12.9. The van der Waals surface area contributed by atoms with Crippen molar-refractivity contribution in [3.8, 4) is 22.6 Å². The Kier molecular flexibility index (Phi) is 7.16. The molecule has 5 aromatic rings. The zero-order valence-electron chi connectivity index (χ0n) is 22.3. The van der Waals surface area contributed by atoms with Crippen molar-refractivity contribution in [3.63, 3.8) is 0 Å². The molecule has 12 nitrogen and oxygen atoms in total. The lowest BCUT2D eigenvalue weighted by molar-refractivity contribution is -0.0366. The number of benzene rings is 1. The van der Waals surface area contributed by atoms with E-state index in [0.29, 0.717) is 29.5 Å². The number of nitrogens with one attached hydrogen (secondary N) is 1. The zero-order valence-corrected chi connectivity index (χ0v) is 23.1. The number of nitrogen functional groups attached to an aromatic ring is 1. The van der Waals surface area contributed by atoms with Gasteiger partial charge >= 0.3 is 5.97 Å². The van der Waals surface area contributed by atoms with E-state index in [0.717, 1.165) is 41.3 Å². The van der Waals surface area contributed by atoms with Gasteiger partial charge in [-0.15, -0.1) is 0 Å². The molecule has 0 amide bonds. The number of pyridine rings is 1. The van der Waals surface area contributed by atoms with E-state index in [9.17, 15) is 4.79 Å². The number of nitrogens with two attached hydrogens (primary N) is 1. The van der Waals surface area contributed by atoms with E-state index < -0.39 is 5.97 Å². The fraction of sp³-hybridized carbons (Fsp3) is 0.250. The van der Waals surface area contributed by atoms with E-state index in [4.69, 9.17) is 31.8 Å². The van der Waals surface area contributed by atoms with Crippen molar-refractivity contribution in [2.45, 2.75) is 32.4 Å². The van der Waals surface area contributed by atoms with E-state index in [1.807, 2.05) is 23.7 Å². The van der Waals surface area contributed by atoms with Gasteiger partial charge in [0, 0.05) is 35.5 Å². The second-order valence-electron chi connectivity index (χ2n) is 9.50. The Morgan fingerprint density at radius 1 is 1.17 bits per heavy atom. The third-order valence-corrected chi connectivity index (χ3v) is 7.11. The molecule has 13 heteroatoms. The first-order valence-corrected chi connectivity index (χ1v) is 13.4. The Morgan fingerprint density at radius 2 is 2.00 bits per heavy atom. The number of halogens is 1. The third kappa shape index (κ3) is 5.03. The monoisotopic (exact) mass is 571 g/mol. The van der Waals surface area contributed by atoms with Gasteiger partial charge in [-0.1, -0.05) is 17.7 Å². The van der Waals surface area contributed by atoms with Crippen molar-refractivity contribution < 1.29 is 14.3 Å². The van der Waals surface area contributed by atoms with Crippen LogP contribution >= 0.6 is 11.6 Å². The molecule has 41 heavy (non-hydrogen) atoms. The Balaban J connectivity index is 1.56. The van der Waals surface area contributed by atoms with Crippen LogP contribution in [0.4, 0.5) is 17.3 Å². The summed E-state index contributed by atoms with van der Waals surface area (Å²) in [6, 6.07) is 7.27. The fourth-order valence-electron chi connectivity index (χ4n) is 4.92. The average Bonchev–Trinajstić information content (AvgIpc) is 3.43. The summed E-state index contributed by atoms with van der Waals surface area (Å²) < 4.78 is 12.9. The maximum absolute atomic E-state index is 12.9. The third-order valence-electron chi connectivity index (χ3n) is 6.90. The topological polar surface area (TPSA) is 156 Å². The second kappa shape index (κ2) is 11.1. The molecule has 6 rings (SSSR count). The first-order chi connectivity index (χ1) is 19.9. The highest BCUT2D eigenvalue weighted by atomic mass is 35.5. The normalized spacial score (nSPS) is 15.1. The van der Waals surface area contributed by atoms with Crippen LogP contribution in [0.5, 0.6) is 0 Å². The van der Waals surface area contributed by atoms with E-state index in [1.54, 1.807) is 30.7 Å². The largest absolute Gasteiger partial charge is 0.464 e. The molecule has 1 unspecified atom stereocenters. The molecular formula is C28H26ClN9O3. The molecule has 1 aromatic carbocycles. The van der Waals surface area contributed by atoms with E-state index in [1.165, 1.54) is 13.3 Å². The molecule has 208 valence electrons. The number of aromatic nitrogens is 7. The van der Waals surface area contributed by atoms with Crippen LogP contribution in [-0.2, 0) is 9.47 Å². The molecule has 1 aliphatic heterocycles. The van der Waals surface area contributed by atoms with Crippen LogP contribution < -0.4 is 11.1 Å². The van der Waals surface area contributed by atoms with Crippen LogP contribution in [0.1, 0.15) is 41.5 Å². The van der Waals surface area contributed by atoms with Gasteiger partial charge in [0.2, 0.25) is 5.95 Å². The van der Waals surface area contributed by atoms with E-state index in [2.05, 4.69) is 30.4 Å². The van der Waals surface area contributed by atoms with Crippen molar-refractivity contribution in [1.29, 1.82) is 0 Å². The highest BCUT2D eigenvalue weighted by molar-refractivity contribution is 6.29. The summed E-state index contributed by atoms with van der Waals surface area (Å²) >= 11 is 6.30. The molecule has 0 saturated carbocycles. The van der Waals surface area contributed by atoms with Gasteiger partial charge in [0.15, 0.2) is 17.7 Å². The van der Waals surface area contributed by atoms with Crippen molar-refractivity contribution in [3.05, 3.63) is 65.5 Å². The quantitative estimate of drug-likeness (QED) is 0.206. The molecule has 0 spiro atoms. The number of fused-ring (bicyclic) bond motifs is 1. The first-order valence-electron chi connectivity index (χ1n) is 13.0. The van der Waals surface area contributed by atoms with Gasteiger partial charge in [0.1, 0.15) is 5.15 Å². The first kappa shape index (κ1) is 26.5. The predicted octanol–water partition coefficient (Wildman–Crippen LogP) is 5.12. The van der Waals surface area contributed by atoms with Gasteiger partial charge < -0.3 is 20.5 Å². The van der Waals surface area contributed by atoms with Gasteiger partial charge in [-0.05, 0) is 49.9 Å². The zero-order chi connectivity index (χ0) is 28.5. The summed E-state index contributed by atoms with van der Waals surface area (Å²) in [6.45, 7) is 2.64. The molecule has 1 saturated heterocycles. The number of nitrogens with zero attached hydrogens (tertiary/aromatic N) is 7. The molecule has 1 fully saturated rings. The number of esters is 1. The summed E-state index contributed by atoms with van der Waals surface area (Å²) in [7, 11) is 1.27. The molecule has 0 aliphatic carbocycles. The van der Waals surface area contributed by atoms with Crippen LogP contribution in [0.3, 0.4) is 0 Å². The number of carbonyl (C=O) groups excluding carboxylic acids is 1. The van der Waals surface area contributed by atoms with Gasteiger partial charge in [0.05, 0.1) is 42.1 Å². The standard InChI is InChI=1S/C28H26ClN9O3/c1-15-7-8-19-17(13-34-38(19)21-6-3-4-11-41-21)22(15)24-23(30)25(27(39)40-2)37-26(36-24)16-12-20(29)33-14-18(16)35-28-31-9-5-10-32-28/h5,7-10,12-14,21H,3-4,6,11,30H2,1-2H3,(H,31,32,35). The molecule has 4 aromatic heterocycles. The van der Waals surface area contributed by atoms with Crippen molar-refractivity contribution in [2.24, 2.45) is 0 Å². The molecule has 1 aliphatic rings. The number of aryl methyl sites for hydroxylation is 1. The van der Waals surface area contributed by atoms with E-state index in [-0.39, 0.29) is 28.6 Å². The second-order valence-corrected chi connectivity index (χ2v) is 9.89. The minimum atomic E-state index is -0.704. The van der Waals surface area contributed by atoms with Crippen LogP contribution in [-0.4, -0.2) is 54.4 Å². The molecule has 3 N–H and O–H groups in total. The lowest BCUT2D eigenvalue weighted by Crippen LogP contribution is -2.19. The minimum Gasteiger partial charge on any atom is -0.464 e. The summed E-state index contributed by atoms with van der Waals surface area (Å²) in [5.41, 5.74) is 10.4. The Labute approximate surface area is 239 Å². The smallest absolute Gasteiger partial charge is 0.358 e. The summed E-state index contributed by atoms with van der Waals surface area (Å²) in [4.78, 5) is 34.9. The summed E-state index contributed by atoms with van der Waals surface area (Å²) in [6.07, 6.45) is 9.31. The van der Waals surface area contributed by atoms with Crippen LogP contribution in [0.25, 0.3) is 33.5 Å². The van der Waals surface area contributed by atoms with E-state index >= 15 is 0 Å². The molecule has 0 bridgehead atoms. The van der Waals surface area contributed by atoms with Crippen molar-refractivity contribution >= 4 is 45.8 Å². The van der Waals surface area contributed by atoms with Crippen molar-refractivity contribution in [1.82, 2.24) is 34.7 Å². The molecule has 1 atom stereocenters. The minimum absolute atomic E-state index is 0.0817. The molecular weight excluding hydrogens is 546 g/mol. The van der Waals surface area contributed by atoms with Gasteiger partial charge in [0.25, 0.3) is 0 Å². The highest BCUT2D eigenvalue weighted by Gasteiger charge is 2.26. The number of methoxy groups -OCH3 is 1. The average molecular weight is 572 g/mol. The predicted molar refractivity (Wildman–Crippen MR) is 154 cm³/mol. The summed E-state index contributed by atoms with van der Waals surface area (Å²) in [5, 5.41) is 8.80. The Bertz CT molecular complexity index is 1750. The number of anilines is 3.